The molecular formula is C11H7N3O. The van der Waals surface area contributed by atoms with Gasteiger partial charge in [0.15, 0.2) is 0 Å². The van der Waals surface area contributed by atoms with E-state index in [4.69, 9.17) is 4.42 Å². The van der Waals surface area contributed by atoms with Crippen molar-refractivity contribution in [3.8, 4) is 11.5 Å². The van der Waals surface area contributed by atoms with Crippen LogP contribution in [0.2, 0.25) is 0 Å². The lowest BCUT2D eigenvalue weighted by Crippen LogP contribution is -1.77. The van der Waals surface area contributed by atoms with Crippen LogP contribution in [-0.2, 0) is 0 Å². The monoisotopic (exact) mass is 197 g/mol. The molecule has 0 radical (unpaired) electrons. The zero-order valence-electron chi connectivity index (χ0n) is 7.79. The van der Waals surface area contributed by atoms with E-state index >= 15 is 0 Å². The quantitative estimate of drug-likeness (QED) is 0.600. The number of rotatable bonds is 1. The number of nitrogens with zero attached hydrogens (tertiary/aromatic N) is 3. The van der Waals surface area contributed by atoms with Crippen molar-refractivity contribution >= 4 is 11.2 Å². The van der Waals surface area contributed by atoms with Crippen LogP contribution in [0.5, 0.6) is 0 Å². The fourth-order valence-electron chi connectivity index (χ4n) is 1.38. The summed E-state index contributed by atoms with van der Waals surface area (Å²) in [4.78, 5) is 12.4. The van der Waals surface area contributed by atoms with Crippen LogP contribution >= 0.6 is 0 Å². The van der Waals surface area contributed by atoms with Crippen molar-refractivity contribution in [2.75, 3.05) is 0 Å². The van der Waals surface area contributed by atoms with Crippen LogP contribution in [0.1, 0.15) is 0 Å². The van der Waals surface area contributed by atoms with Gasteiger partial charge in [-0.2, -0.15) is 0 Å². The molecule has 0 unspecified atom stereocenters. The van der Waals surface area contributed by atoms with E-state index in [1.165, 1.54) is 0 Å². The summed E-state index contributed by atoms with van der Waals surface area (Å²) in [5.74, 6) is 0.553. The average Bonchev–Trinajstić information content (AvgIpc) is 2.74. The van der Waals surface area contributed by atoms with Crippen molar-refractivity contribution in [1.82, 2.24) is 15.0 Å². The van der Waals surface area contributed by atoms with Gasteiger partial charge in [0.25, 0.3) is 0 Å². The van der Waals surface area contributed by atoms with Gasteiger partial charge in [0.05, 0.1) is 5.56 Å². The number of fused-ring (bicyclic) bond motifs is 1. The molecule has 0 saturated heterocycles. The zero-order valence-corrected chi connectivity index (χ0v) is 7.79. The Bertz CT molecular complexity index is 556. The predicted molar refractivity (Wildman–Crippen MR) is 55.0 cm³/mol. The number of pyridine rings is 2. The highest BCUT2D eigenvalue weighted by molar-refractivity contribution is 5.71. The van der Waals surface area contributed by atoms with Gasteiger partial charge in [0.1, 0.15) is 5.52 Å². The van der Waals surface area contributed by atoms with Crippen molar-refractivity contribution < 1.29 is 4.42 Å². The highest BCUT2D eigenvalue weighted by Gasteiger charge is 2.07. The van der Waals surface area contributed by atoms with E-state index < -0.39 is 0 Å². The molecule has 72 valence electrons. The Morgan fingerprint density at radius 1 is 1.07 bits per heavy atom. The summed E-state index contributed by atoms with van der Waals surface area (Å²) in [6.45, 7) is 0. The Kier molecular flexibility index (Phi) is 1.71. The van der Waals surface area contributed by atoms with Crippen molar-refractivity contribution in [3.63, 3.8) is 0 Å². The molecule has 0 fully saturated rings. The number of hydrogen-bond acceptors (Lipinski definition) is 4. The maximum absolute atomic E-state index is 5.49. The number of aromatic nitrogens is 3. The largest absolute Gasteiger partial charge is 0.418 e. The Hall–Kier alpha value is -2.23. The summed E-state index contributed by atoms with van der Waals surface area (Å²) in [6.07, 6.45) is 5.11. The zero-order chi connectivity index (χ0) is 10.1. The smallest absolute Gasteiger partial charge is 0.247 e. The number of hydrogen-bond donors (Lipinski definition) is 0. The van der Waals surface area contributed by atoms with Crippen LogP contribution in [0.4, 0.5) is 0 Å². The van der Waals surface area contributed by atoms with Crippen molar-refractivity contribution in [2.24, 2.45) is 0 Å². The van der Waals surface area contributed by atoms with E-state index in [0.717, 1.165) is 11.1 Å². The van der Waals surface area contributed by atoms with Crippen LogP contribution in [0.15, 0.2) is 47.3 Å². The molecule has 3 heterocycles. The Morgan fingerprint density at radius 3 is 2.80 bits per heavy atom. The fourth-order valence-corrected chi connectivity index (χ4v) is 1.38. The lowest BCUT2D eigenvalue weighted by molar-refractivity contribution is 0.607. The van der Waals surface area contributed by atoms with E-state index in [1.54, 1.807) is 18.6 Å². The van der Waals surface area contributed by atoms with Gasteiger partial charge in [-0.1, -0.05) is 0 Å². The molecule has 0 aromatic carbocycles. The summed E-state index contributed by atoms with van der Waals surface area (Å²) in [7, 11) is 0. The van der Waals surface area contributed by atoms with Gasteiger partial charge in [0, 0.05) is 18.6 Å². The molecule has 0 amide bonds. The van der Waals surface area contributed by atoms with Gasteiger partial charge < -0.3 is 4.42 Å². The standard InChI is InChI=1S/C11H7N3O/c1-3-8(7-12-5-1)10-14-9-4-2-6-13-11(9)15-10/h1-7H. The Labute approximate surface area is 85.6 Å². The maximum atomic E-state index is 5.49. The van der Waals surface area contributed by atoms with Gasteiger partial charge in [-0.25, -0.2) is 9.97 Å². The van der Waals surface area contributed by atoms with E-state index in [1.807, 2.05) is 24.3 Å². The summed E-state index contributed by atoms with van der Waals surface area (Å²) in [5.41, 5.74) is 2.17. The molecule has 0 bridgehead atoms. The highest BCUT2D eigenvalue weighted by atomic mass is 16.4. The molecular weight excluding hydrogens is 190 g/mol. The first-order valence-electron chi connectivity index (χ1n) is 4.55. The topological polar surface area (TPSA) is 51.8 Å². The first-order valence-corrected chi connectivity index (χ1v) is 4.55. The summed E-state index contributed by atoms with van der Waals surface area (Å²) in [5, 5.41) is 0. The first kappa shape index (κ1) is 8.11. The van der Waals surface area contributed by atoms with Crippen LogP contribution in [0, 0.1) is 0 Å². The molecule has 0 aliphatic carbocycles. The van der Waals surface area contributed by atoms with Crippen molar-refractivity contribution in [1.29, 1.82) is 0 Å². The van der Waals surface area contributed by atoms with Crippen LogP contribution < -0.4 is 0 Å². The predicted octanol–water partition coefficient (Wildman–Crippen LogP) is 2.28. The van der Waals surface area contributed by atoms with E-state index in [9.17, 15) is 0 Å². The van der Waals surface area contributed by atoms with Gasteiger partial charge in [-0.3, -0.25) is 4.98 Å². The molecule has 3 aromatic rings. The van der Waals surface area contributed by atoms with E-state index in [-0.39, 0.29) is 0 Å². The van der Waals surface area contributed by atoms with Gasteiger partial charge in [-0.15, -0.1) is 0 Å². The van der Waals surface area contributed by atoms with Crippen LogP contribution in [0.25, 0.3) is 22.7 Å². The molecule has 0 spiro atoms. The SMILES string of the molecule is c1cncc(-c2nc3cccnc3o2)c1. The lowest BCUT2D eigenvalue weighted by atomic mass is 10.3. The second-order valence-electron chi connectivity index (χ2n) is 3.09. The average molecular weight is 197 g/mol. The van der Waals surface area contributed by atoms with Crippen LogP contribution in [-0.4, -0.2) is 15.0 Å². The molecule has 0 aliphatic rings. The Balaban J connectivity index is 2.21. The minimum absolute atomic E-state index is 0.552. The van der Waals surface area contributed by atoms with E-state index in [0.29, 0.717) is 11.6 Å². The fraction of sp³-hybridized carbons (Fsp3) is 0. The summed E-state index contributed by atoms with van der Waals surface area (Å²) < 4.78 is 5.49. The van der Waals surface area contributed by atoms with E-state index in [2.05, 4.69) is 15.0 Å². The van der Waals surface area contributed by atoms with Gasteiger partial charge >= 0.3 is 0 Å². The van der Waals surface area contributed by atoms with Crippen LogP contribution in [0.3, 0.4) is 0 Å². The molecule has 15 heavy (non-hydrogen) atoms. The third-order valence-corrected chi connectivity index (χ3v) is 2.07. The normalized spacial score (nSPS) is 10.7. The molecule has 0 N–H and O–H groups in total. The molecule has 3 rings (SSSR count). The lowest BCUT2D eigenvalue weighted by Gasteiger charge is -1.90. The third-order valence-electron chi connectivity index (χ3n) is 2.07. The van der Waals surface area contributed by atoms with Gasteiger partial charge in [-0.05, 0) is 24.3 Å². The Morgan fingerprint density at radius 2 is 2.00 bits per heavy atom. The number of oxazole rings is 1. The minimum atomic E-state index is 0.552. The molecule has 3 aromatic heterocycles. The third kappa shape index (κ3) is 1.36. The highest BCUT2D eigenvalue weighted by Crippen LogP contribution is 2.21. The second-order valence-corrected chi connectivity index (χ2v) is 3.09. The second kappa shape index (κ2) is 3.16. The molecule has 4 heteroatoms. The molecule has 4 nitrogen and oxygen atoms in total. The van der Waals surface area contributed by atoms with Gasteiger partial charge in [0.2, 0.25) is 11.6 Å². The van der Waals surface area contributed by atoms with Crippen molar-refractivity contribution in [2.45, 2.75) is 0 Å². The first-order chi connectivity index (χ1) is 7.43. The summed E-state index contributed by atoms with van der Waals surface area (Å²) in [6, 6.07) is 7.44. The van der Waals surface area contributed by atoms with Crippen molar-refractivity contribution in [3.05, 3.63) is 42.9 Å². The summed E-state index contributed by atoms with van der Waals surface area (Å²) >= 11 is 0. The molecule has 0 aliphatic heterocycles. The maximum Gasteiger partial charge on any atom is 0.247 e. The molecule has 0 saturated carbocycles. The minimum Gasteiger partial charge on any atom is -0.418 e. The molecule has 0 atom stereocenters.